The van der Waals surface area contributed by atoms with Crippen molar-refractivity contribution in [2.45, 2.75) is 38.5 Å². The molecular weight excluding hydrogens is 396 g/mol. The largest absolute Gasteiger partial charge is 0.484 e. The van der Waals surface area contributed by atoms with Gasteiger partial charge in [0.05, 0.1) is 6.26 Å². The summed E-state index contributed by atoms with van der Waals surface area (Å²) in [5.41, 5.74) is 1.59. The van der Waals surface area contributed by atoms with E-state index in [2.05, 4.69) is 20.8 Å². The third-order valence-corrected chi connectivity index (χ3v) is 5.34. The molecule has 1 fully saturated rings. The minimum absolute atomic E-state index is 0.166. The highest BCUT2D eigenvalue weighted by Crippen LogP contribution is 2.26. The first-order valence-corrected chi connectivity index (χ1v) is 10.6. The number of amides is 2. The molecular formula is C23H26N4O4. The number of benzene rings is 1. The van der Waals surface area contributed by atoms with Crippen LogP contribution in [0.15, 0.2) is 53.1 Å². The minimum atomic E-state index is -0.359. The molecule has 8 heteroatoms. The van der Waals surface area contributed by atoms with Gasteiger partial charge in [0.25, 0.3) is 11.8 Å². The lowest BCUT2D eigenvalue weighted by molar-refractivity contribution is -0.118. The van der Waals surface area contributed by atoms with E-state index in [1.165, 1.54) is 38.4 Å². The van der Waals surface area contributed by atoms with E-state index in [4.69, 9.17) is 9.15 Å². The van der Waals surface area contributed by atoms with Gasteiger partial charge in [0.15, 0.2) is 18.2 Å². The van der Waals surface area contributed by atoms with E-state index in [0.29, 0.717) is 23.2 Å². The monoisotopic (exact) mass is 422 g/mol. The summed E-state index contributed by atoms with van der Waals surface area (Å²) in [4.78, 5) is 24.3. The van der Waals surface area contributed by atoms with E-state index in [0.717, 1.165) is 12.1 Å². The number of carbonyl (C=O) groups excluding carboxylic acids is 2. The first-order chi connectivity index (χ1) is 15.2. The Bertz CT molecular complexity index is 1010. The zero-order valence-corrected chi connectivity index (χ0v) is 17.2. The van der Waals surface area contributed by atoms with Crippen molar-refractivity contribution in [1.82, 2.24) is 10.2 Å². The Kier molecular flexibility index (Phi) is 6.66. The molecule has 8 nitrogen and oxygen atoms in total. The number of H-pyrrole nitrogens is 1. The molecule has 0 radical (unpaired) electrons. The minimum Gasteiger partial charge on any atom is -0.484 e. The van der Waals surface area contributed by atoms with Crippen LogP contribution in [0.25, 0.3) is 0 Å². The van der Waals surface area contributed by atoms with Crippen molar-refractivity contribution >= 4 is 23.3 Å². The lowest BCUT2D eigenvalue weighted by Gasteiger charge is -2.20. The molecule has 2 heterocycles. The van der Waals surface area contributed by atoms with Crippen LogP contribution < -0.4 is 15.4 Å². The van der Waals surface area contributed by atoms with Crippen LogP contribution in [0.1, 0.15) is 48.4 Å². The molecule has 0 aliphatic heterocycles. The third kappa shape index (κ3) is 5.97. The fourth-order valence-electron chi connectivity index (χ4n) is 3.82. The third-order valence-electron chi connectivity index (χ3n) is 5.34. The van der Waals surface area contributed by atoms with Crippen LogP contribution in [0.4, 0.5) is 11.5 Å². The number of rotatable bonds is 8. The first kappa shape index (κ1) is 20.7. The number of anilines is 2. The summed E-state index contributed by atoms with van der Waals surface area (Å²) in [5.74, 6) is 1.21. The van der Waals surface area contributed by atoms with Gasteiger partial charge in [-0.25, -0.2) is 0 Å². The van der Waals surface area contributed by atoms with Crippen LogP contribution in [0, 0.1) is 5.92 Å². The molecule has 3 N–H and O–H groups in total. The standard InChI is InChI=1S/C23H26N4O4/c28-22(25-21-14-18(26-27-21)12-16-6-2-1-3-7-16)15-31-19-9-4-8-17(13-19)24-23(29)20-10-5-11-30-20/h4-5,8-11,13-14,16H,1-3,6-7,12,15H2,(H,24,29)(H2,25,26,27,28). The summed E-state index contributed by atoms with van der Waals surface area (Å²) in [6.45, 7) is -0.166. The molecule has 0 atom stereocenters. The van der Waals surface area contributed by atoms with Crippen molar-refractivity contribution in [1.29, 1.82) is 0 Å². The van der Waals surface area contributed by atoms with Crippen LogP contribution in [-0.2, 0) is 11.2 Å². The van der Waals surface area contributed by atoms with Gasteiger partial charge in [0, 0.05) is 23.5 Å². The van der Waals surface area contributed by atoms with Gasteiger partial charge in [-0.2, -0.15) is 5.10 Å². The number of aromatic nitrogens is 2. The Hall–Kier alpha value is -3.55. The fourth-order valence-corrected chi connectivity index (χ4v) is 3.82. The van der Waals surface area contributed by atoms with Crippen LogP contribution in [0.5, 0.6) is 5.75 Å². The Balaban J connectivity index is 1.25. The number of furan rings is 1. The highest BCUT2D eigenvalue weighted by atomic mass is 16.5. The number of nitrogens with one attached hydrogen (secondary N) is 3. The molecule has 2 amide bonds. The smallest absolute Gasteiger partial charge is 0.291 e. The molecule has 31 heavy (non-hydrogen) atoms. The fraction of sp³-hybridized carbons (Fsp3) is 0.348. The van der Waals surface area contributed by atoms with Gasteiger partial charge in [-0.15, -0.1) is 0 Å². The van der Waals surface area contributed by atoms with E-state index >= 15 is 0 Å². The number of hydrogen-bond donors (Lipinski definition) is 3. The van der Waals surface area contributed by atoms with Crippen LogP contribution in [-0.4, -0.2) is 28.6 Å². The molecule has 1 aromatic carbocycles. The molecule has 0 unspecified atom stereocenters. The van der Waals surface area contributed by atoms with Gasteiger partial charge >= 0.3 is 0 Å². The predicted molar refractivity (Wildman–Crippen MR) is 116 cm³/mol. The second kappa shape index (κ2) is 9.97. The number of carbonyl (C=O) groups is 2. The van der Waals surface area contributed by atoms with Crippen molar-refractivity contribution in [3.63, 3.8) is 0 Å². The topological polar surface area (TPSA) is 109 Å². The Labute approximate surface area is 180 Å². The molecule has 1 saturated carbocycles. The van der Waals surface area contributed by atoms with Gasteiger partial charge in [0.1, 0.15) is 5.75 Å². The number of ether oxygens (including phenoxy) is 1. The SMILES string of the molecule is O=C(COc1cccc(NC(=O)c2ccco2)c1)Nc1cc(CC2CCCCC2)[nH]n1. The van der Waals surface area contributed by atoms with E-state index in [-0.39, 0.29) is 24.2 Å². The second-order valence-electron chi connectivity index (χ2n) is 7.78. The molecule has 2 aromatic heterocycles. The van der Waals surface area contributed by atoms with E-state index in [1.807, 2.05) is 6.07 Å². The van der Waals surface area contributed by atoms with Crippen LogP contribution in [0.2, 0.25) is 0 Å². The quantitative estimate of drug-likeness (QED) is 0.499. The van der Waals surface area contributed by atoms with Crippen LogP contribution in [0.3, 0.4) is 0 Å². The Morgan fingerprint density at radius 1 is 1.10 bits per heavy atom. The van der Waals surface area contributed by atoms with E-state index in [1.54, 1.807) is 36.4 Å². The van der Waals surface area contributed by atoms with Crippen molar-refractivity contribution in [3.05, 3.63) is 60.2 Å². The van der Waals surface area contributed by atoms with Gasteiger partial charge in [-0.05, 0) is 36.6 Å². The molecule has 1 aliphatic carbocycles. The zero-order valence-electron chi connectivity index (χ0n) is 17.2. The Morgan fingerprint density at radius 2 is 1.97 bits per heavy atom. The van der Waals surface area contributed by atoms with Crippen LogP contribution >= 0.6 is 0 Å². The van der Waals surface area contributed by atoms with Gasteiger partial charge in [0.2, 0.25) is 0 Å². The van der Waals surface area contributed by atoms with Crippen molar-refractivity contribution in [3.8, 4) is 5.75 Å². The second-order valence-corrected chi connectivity index (χ2v) is 7.78. The maximum absolute atomic E-state index is 12.2. The van der Waals surface area contributed by atoms with Crippen molar-refractivity contribution < 1.29 is 18.7 Å². The molecule has 1 aliphatic rings. The predicted octanol–water partition coefficient (Wildman–Crippen LogP) is 4.40. The zero-order chi connectivity index (χ0) is 21.5. The summed E-state index contributed by atoms with van der Waals surface area (Å²) in [5, 5.41) is 12.7. The average molecular weight is 422 g/mol. The molecule has 0 bridgehead atoms. The number of hydrogen-bond acceptors (Lipinski definition) is 5. The highest BCUT2D eigenvalue weighted by molar-refractivity contribution is 6.02. The van der Waals surface area contributed by atoms with Crippen molar-refractivity contribution in [2.75, 3.05) is 17.2 Å². The molecule has 4 rings (SSSR count). The first-order valence-electron chi connectivity index (χ1n) is 10.6. The summed E-state index contributed by atoms with van der Waals surface area (Å²) in [6, 6.07) is 11.9. The summed E-state index contributed by atoms with van der Waals surface area (Å²) in [6.07, 6.45) is 8.85. The highest BCUT2D eigenvalue weighted by Gasteiger charge is 2.16. The normalized spacial score (nSPS) is 14.2. The molecule has 0 spiro atoms. The van der Waals surface area contributed by atoms with Gasteiger partial charge in [-0.1, -0.05) is 38.2 Å². The molecule has 3 aromatic rings. The van der Waals surface area contributed by atoms with Gasteiger partial charge < -0.3 is 19.8 Å². The van der Waals surface area contributed by atoms with Crippen molar-refractivity contribution in [2.24, 2.45) is 5.92 Å². The maximum Gasteiger partial charge on any atom is 0.291 e. The lowest BCUT2D eigenvalue weighted by atomic mass is 9.86. The van der Waals surface area contributed by atoms with Gasteiger partial charge in [-0.3, -0.25) is 14.7 Å². The number of nitrogens with zero attached hydrogens (tertiary/aromatic N) is 1. The summed E-state index contributed by atoms with van der Waals surface area (Å²) in [7, 11) is 0. The summed E-state index contributed by atoms with van der Waals surface area (Å²) >= 11 is 0. The van der Waals surface area contributed by atoms with E-state index in [9.17, 15) is 9.59 Å². The van der Waals surface area contributed by atoms with E-state index < -0.39 is 0 Å². The Morgan fingerprint density at radius 3 is 2.77 bits per heavy atom. The maximum atomic E-state index is 12.2. The summed E-state index contributed by atoms with van der Waals surface area (Å²) < 4.78 is 10.6. The average Bonchev–Trinajstić information content (AvgIpc) is 3.46. The lowest BCUT2D eigenvalue weighted by Crippen LogP contribution is -2.20. The molecule has 0 saturated heterocycles. The molecule has 162 valence electrons. The number of aromatic amines is 1.